The van der Waals surface area contributed by atoms with Crippen molar-refractivity contribution in [3.63, 3.8) is 0 Å². The number of carboxylic acids is 1. The summed E-state index contributed by atoms with van der Waals surface area (Å²) in [7, 11) is 0. The number of aliphatic hydroxyl groups excluding tert-OH is 1. The molecule has 0 unspecified atom stereocenters. The van der Waals surface area contributed by atoms with E-state index in [1.807, 2.05) is 6.92 Å². The van der Waals surface area contributed by atoms with Crippen molar-refractivity contribution in [1.82, 2.24) is 0 Å². The van der Waals surface area contributed by atoms with Gasteiger partial charge in [0.05, 0.1) is 6.10 Å². The van der Waals surface area contributed by atoms with Gasteiger partial charge in [-0.25, -0.2) is 4.79 Å². The number of carboxylic acid groups (broad SMARTS) is 1. The Labute approximate surface area is 78.4 Å². The topological polar surface area (TPSA) is 57.5 Å². The molecule has 0 aliphatic carbocycles. The van der Waals surface area contributed by atoms with Gasteiger partial charge in [0, 0.05) is 5.57 Å². The fourth-order valence-electron chi connectivity index (χ4n) is 0.964. The molecule has 0 aromatic heterocycles. The van der Waals surface area contributed by atoms with Crippen LogP contribution >= 0.6 is 0 Å². The van der Waals surface area contributed by atoms with Gasteiger partial charge in [-0.15, -0.1) is 6.58 Å². The molecule has 0 saturated carbocycles. The second kappa shape index (κ2) is 6.43. The van der Waals surface area contributed by atoms with Crippen LogP contribution in [0.15, 0.2) is 24.3 Å². The van der Waals surface area contributed by atoms with Crippen LogP contribution in [0.2, 0.25) is 0 Å². The van der Waals surface area contributed by atoms with Crippen LogP contribution in [0.25, 0.3) is 0 Å². The Balaban J connectivity index is 4.05. The molecule has 0 heterocycles. The number of allylic oxidation sites excluding steroid dienone is 1. The first kappa shape index (κ1) is 11.9. The van der Waals surface area contributed by atoms with Gasteiger partial charge in [-0.2, -0.15) is 0 Å². The molecule has 0 radical (unpaired) electrons. The monoisotopic (exact) mass is 184 g/mol. The van der Waals surface area contributed by atoms with Crippen molar-refractivity contribution in [3.8, 4) is 0 Å². The Kier molecular flexibility index (Phi) is 5.89. The summed E-state index contributed by atoms with van der Waals surface area (Å²) in [5.74, 6) is -0.905. The van der Waals surface area contributed by atoms with Gasteiger partial charge < -0.3 is 10.2 Å². The largest absolute Gasteiger partial charge is 0.478 e. The summed E-state index contributed by atoms with van der Waals surface area (Å²) in [5, 5.41) is 17.8. The van der Waals surface area contributed by atoms with Crippen molar-refractivity contribution in [2.45, 2.75) is 32.3 Å². The lowest BCUT2D eigenvalue weighted by molar-refractivity contribution is -0.132. The maximum Gasteiger partial charge on any atom is 0.331 e. The van der Waals surface area contributed by atoms with Gasteiger partial charge in [0.2, 0.25) is 0 Å². The highest BCUT2D eigenvalue weighted by atomic mass is 16.4. The highest BCUT2D eigenvalue weighted by molar-refractivity contribution is 5.86. The van der Waals surface area contributed by atoms with E-state index in [2.05, 4.69) is 6.58 Å². The zero-order valence-corrected chi connectivity index (χ0v) is 7.86. The second-order valence-corrected chi connectivity index (χ2v) is 2.78. The normalized spacial score (nSPS) is 13.8. The lowest BCUT2D eigenvalue weighted by Gasteiger charge is -2.05. The van der Waals surface area contributed by atoms with Crippen molar-refractivity contribution < 1.29 is 15.0 Å². The number of carbonyl (C=O) groups is 1. The average molecular weight is 184 g/mol. The van der Waals surface area contributed by atoms with Crippen LogP contribution in [-0.2, 0) is 4.79 Å². The molecule has 74 valence electrons. The van der Waals surface area contributed by atoms with Gasteiger partial charge in [-0.3, -0.25) is 0 Å². The van der Waals surface area contributed by atoms with Gasteiger partial charge in [0.1, 0.15) is 0 Å². The van der Waals surface area contributed by atoms with Crippen LogP contribution in [0.4, 0.5) is 0 Å². The van der Waals surface area contributed by atoms with Gasteiger partial charge in [0.15, 0.2) is 0 Å². The molecule has 0 bridgehead atoms. The lowest BCUT2D eigenvalue weighted by atomic mass is 10.1. The third-order valence-electron chi connectivity index (χ3n) is 1.71. The first-order chi connectivity index (χ1) is 6.11. The van der Waals surface area contributed by atoms with Crippen molar-refractivity contribution in [2.24, 2.45) is 0 Å². The molecule has 0 aromatic rings. The van der Waals surface area contributed by atoms with Crippen molar-refractivity contribution in [3.05, 3.63) is 24.3 Å². The van der Waals surface area contributed by atoms with Crippen molar-refractivity contribution >= 4 is 5.97 Å². The van der Waals surface area contributed by atoms with E-state index in [9.17, 15) is 4.79 Å². The molecule has 0 amide bonds. The first-order valence-corrected chi connectivity index (χ1v) is 4.34. The van der Waals surface area contributed by atoms with Crippen LogP contribution in [0.1, 0.15) is 26.2 Å². The summed E-state index contributed by atoms with van der Waals surface area (Å²) in [6.45, 7) is 5.29. The minimum absolute atomic E-state index is 0.364. The van der Waals surface area contributed by atoms with Gasteiger partial charge in [-0.05, 0) is 19.3 Å². The number of aliphatic carboxylic acids is 1. The first-order valence-electron chi connectivity index (χ1n) is 4.34. The summed E-state index contributed by atoms with van der Waals surface area (Å²) < 4.78 is 0. The smallest absolute Gasteiger partial charge is 0.331 e. The van der Waals surface area contributed by atoms with Gasteiger partial charge in [-0.1, -0.05) is 19.1 Å². The van der Waals surface area contributed by atoms with E-state index in [0.29, 0.717) is 24.8 Å². The molecule has 3 nitrogen and oxygen atoms in total. The zero-order valence-electron chi connectivity index (χ0n) is 7.86. The van der Waals surface area contributed by atoms with E-state index in [4.69, 9.17) is 10.2 Å². The van der Waals surface area contributed by atoms with Crippen molar-refractivity contribution in [2.75, 3.05) is 0 Å². The van der Waals surface area contributed by atoms with E-state index in [1.165, 1.54) is 6.08 Å². The fourth-order valence-corrected chi connectivity index (χ4v) is 0.964. The molecule has 0 spiro atoms. The third-order valence-corrected chi connectivity index (χ3v) is 1.71. The van der Waals surface area contributed by atoms with Crippen molar-refractivity contribution in [1.29, 1.82) is 0 Å². The molecule has 0 aliphatic heterocycles. The van der Waals surface area contributed by atoms with E-state index in [1.54, 1.807) is 6.08 Å². The van der Waals surface area contributed by atoms with Gasteiger partial charge >= 0.3 is 5.97 Å². The molecule has 3 heteroatoms. The van der Waals surface area contributed by atoms with E-state index in [0.717, 1.165) is 0 Å². The minimum Gasteiger partial charge on any atom is -0.478 e. The van der Waals surface area contributed by atoms with Crippen LogP contribution in [0.3, 0.4) is 0 Å². The van der Waals surface area contributed by atoms with Gasteiger partial charge in [0.25, 0.3) is 0 Å². The summed E-state index contributed by atoms with van der Waals surface area (Å²) in [5.41, 5.74) is 0.364. The Morgan fingerprint density at radius 3 is 2.62 bits per heavy atom. The number of hydrogen-bond acceptors (Lipinski definition) is 2. The zero-order chi connectivity index (χ0) is 10.3. The van der Waals surface area contributed by atoms with Crippen LogP contribution in [-0.4, -0.2) is 22.3 Å². The number of hydrogen-bond donors (Lipinski definition) is 2. The molecule has 2 N–H and O–H groups in total. The SMILES string of the molecule is C=C[C@@H](O)CC/C(=C\CC)C(=O)O. The molecular formula is C10H16O3. The lowest BCUT2D eigenvalue weighted by Crippen LogP contribution is -2.06. The predicted molar refractivity (Wildman–Crippen MR) is 51.4 cm³/mol. The molecule has 0 saturated heterocycles. The molecule has 13 heavy (non-hydrogen) atoms. The predicted octanol–water partition coefficient (Wildman–Crippen LogP) is 1.73. The fraction of sp³-hybridized carbons (Fsp3) is 0.500. The average Bonchev–Trinajstić information content (AvgIpc) is 2.11. The highest BCUT2D eigenvalue weighted by Crippen LogP contribution is 2.09. The molecule has 0 aliphatic rings. The summed E-state index contributed by atoms with van der Waals surface area (Å²) in [6.07, 6.45) is 3.97. The number of rotatable bonds is 6. The van der Waals surface area contributed by atoms with E-state index >= 15 is 0 Å². The maximum absolute atomic E-state index is 10.6. The van der Waals surface area contributed by atoms with Crippen LogP contribution < -0.4 is 0 Å². The minimum atomic E-state index is -0.905. The molecule has 1 atom stereocenters. The number of aliphatic hydroxyl groups is 1. The Morgan fingerprint density at radius 1 is 1.62 bits per heavy atom. The standard InChI is InChI=1S/C10H16O3/c1-3-5-8(10(12)13)6-7-9(11)4-2/h4-5,9,11H,2-3,6-7H2,1H3,(H,12,13)/b8-5+/t9-/m1/s1. The molecular weight excluding hydrogens is 168 g/mol. The summed E-state index contributed by atoms with van der Waals surface area (Å²) in [4.78, 5) is 10.6. The van der Waals surface area contributed by atoms with Crippen LogP contribution in [0, 0.1) is 0 Å². The third kappa shape index (κ3) is 5.20. The molecule has 0 fully saturated rings. The Morgan fingerprint density at radius 2 is 2.23 bits per heavy atom. The summed E-state index contributed by atoms with van der Waals surface area (Å²) >= 11 is 0. The molecule has 0 rings (SSSR count). The second-order valence-electron chi connectivity index (χ2n) is 2.78. The summed E-state index contributed by atoms with van der Waals surface area (Å²) in [6, 6.07) is 0. The van der Waals surface area contributed by atoms with E-state index in [-0.39, 0.29) is 0 Å². The Hall–Kier alpha value is -1.09. The Bertz CT molecular complexity index is 206. The van der Waals surface area contributed by atoms with Crippen LogP contribution in [0.5, 0.6) is 0 Å². The highest BCUT2D eigenvalue weighted by Gasteiger charge is 2.07. The molecule has 0 aromatic carbocycles. The van der Waals surface area contributed by atoms with E-state index < -0.39 is 12.1 Å². The quantitative estimate of drug-likeness (QED) is 0.488. The maximum atomic E-state index is 10.6.